The molecule has 0 radical (unpaired) electrons. The highest BCUT2D eigenvalue weighted by Crippen LogP contribution is 2.04. The monoisotopic (exact) mass is 255 g/mol. The standard InChI is InChI=1S/C15H29NO2/c1-4-6-7-8-9-10-12-16-13-11-14(5-2)15(17)18-3/h11,16H,4-10,12-13H2,1-3H3/b14-11-. The van der Waals surface area contributed by atoms with Gasteiger partial charge in [-0.2, -0.15) is 0 Å². The molecule has 3 nitrogen and oxygen atoms in total. The molecular formula is C15H29NO2. The first-order chi connectivity index (χ1) is 8.76. The highest BCUT2D eigenvalue weighted by molar-refractivity contribution is 5.88. The third kappa shape index (κ3) is 9.23. The lowest BCUT2D eigenvalue weighted by molar-refractivity contribution is -0.136. The molecule has 0 aromatic rings. The third-order valence-electron chi connectivity index (χ3n) is 3.03. The van der Waals surface area contributed by atoms with Gasteiger partial charge in [-0.1, -0.05) is 52.0 Å². The van der Waals surface area contributed by atoms with Crippen LogP contribution in [0, 0.1) is 0 Å². The first-order valence-corrected chi connectivity index (χ1v) is 7.24. The van der Waals surface area contributed by atoms with Gasteiger partial charge >= 0.3 is 5.97 Å². The molecule has 0 amide bonds. The van der Waals surface area contributed by atoms with E-state index in [0.29, 0.717) is 0 Å². The quantitative estimate of drug-likeness (QED) is 0.349. The van der Waals surface area contributed by atoms with E-state index in [0.717, 1.165) is 25.1 Å². The van der Waals surface area contributed by atoms with E-state index in [1.165, 1.54) is 45.6 Å². The minimum absolute atomic E-state index is 0.209. The van der Waals surface area contributed by atoms with Gasteiger partial charge in [0.2, 0.25) is 0 Å². The number of carbonyl (C=O) groups excluding carboxylic acids is 1. The number of rotatable bonds is 11. The maximum atomic E-state index is 11.3. The summed E-state index contributed by atoms with van der Waals surface area (Å²) in [6, 6.07) is 0. The lowest BCUT2D eigenvalue weighted by Gasteiger charge is -2.04. The number of ether oxygens (including phenoxy) is 1. The van der Waals surface area contributed by atoms with Gasteiger partial charge in [-0.15, -0.1) is 0 Å². The smallest absolute Gasteiger partial charge is 0.333 e. The van der Waals surface area contributed by atoms with E-state index in [2.05, 4.69) is 12.2 Å². The summed E-state index contributed by atoms with van der Waals surface area (Å²) in [5.41, 5.74) is 0.757. The van der Waals surface area contributed by atoms with Crippen molar-refractivity contribution in [2.45, 2.75) is 58.8 Å². The van der Waals surface area contributed by atoms with Crippen LogP contribution in [0.25, 0.3) is 0 Å². The van der Waals surface area contributed by atoms with E-state index >= 15 is 0 Å². The molecule has 0 aromatic carbocycles. The minimum Gasteiger partial charge on any atom is -0.466 e. The van der Waals surface area contributed by atoms with Crippen molar-refractivity contribution in [1.29, 1.82) is 0 Å². The molecule has 18 heavy (non-hydrogen) atoms. The van der Waals surface area contributed by atoms with E-state index in [4.69, 9.17) is 4.74 Å². The van der Waals surface area contributed by atoms with Gasteiger partial charge in [0.1, 0.15) is 0 Å². The normalized spacial score (nSPS) is 11.6. The Labute approximate surface area is 112 Å². The van der Waals surface area contributed by atoms with Crippen LogP contribution in [-0.4, -0.2) is 26.2 Å². The Balaban J connectivity index is 3.48. The Bertz CT molecular complexity index is 237. The number of methoxy groups -OCH3 is 1. The fourth-order valence-electron chi connectivity index (χ4n) is 1.83. The fraction of sp³-hybridized carbons (Fsp3) is 0.800. The van der Waals surface area contributed by atoms with Crippen molar-refractivity contribution in [3.05, 3.63) is 11.6 Å². The first kappa shape index (κ1) is 17.2. The average molecular weight is 255 g/mol. The lowest BCUT2D eigenvalue weighted by atomic mass is 10.1. The Kier molecular flexibility index (Phi) is 12.0. The van der Waals surface area contributed by atoms with E-state index in [-0.39, 0.29) is 5.97 Å². The Morgan fingerprint density at radius 3 is 2.39 bits per heavy atom. The molecule has 0 aromatic heterocycles. The maximum absolute atomic E-state index is 11.3. The molecule has 0 atom stereocenters. The molecule has 0 aliphatic heterocycles. The predicted molar refractivity (Wildman–Crippen MR) is 76.6 cm³/mol. The molecular weight excluding hydrogens is 226 g/mol. The molecule has 0 aliphatic rings. The molecule has 0 unspecified atom stereocenters. The molecule has 0 heterocycles. The van der Waals surface area contributed by atoms with Crippen molar-refractivity contribution in [2.75, 3.05) is 20.2 Å². The summed E-state index contributed by atoms with van der Waals surface area (Å²) in [5, 5.41) is 3.34. The zero-order valence-corrected chi connectivity index (χ0v) is 12.3. The van der Waals surface area contributed by atoms with Crippen molar-refractivity contribution >= 4 is 5.97 Å². The van der Waals surface area contributed by atoms with E-state index in [9.17, 15) is 4.79 Å². The second kappa shape index (κ2) is 12.6. The van der Waals surface area contributed by atoms with Gasteiger partial charge in [0.15, 0.2) is 0 Å². The Hall–Kier alpha value is -0.830. The summed E-state index contributed by atoms with van der Waals surface area (Å²) in [7, 11) is 1.43. The highest BCUT2D eigenvalue weighted by Gasteiger charge is 2.05. The summed E-state index contributed by atoms with van der Waals surface area (Å²) in [5.74, 6) is -0.209. The van der Waals surface area contributed by atoms with Crippen molar-refractivity contribution in [1.82, 2.24) is 5.32 Å². The Morgan fingerprint density at radius 2 is 1.78 bits per heavy atom. The maximum Gasteiger partial charge on any atom is 0.333 e. The van der Waals surface area contributed by atoms with Gasteiger partial charge in [0.05, 0.1) is 7.11 Å². The van der Waals surface area contributed by atoms with Gasteiger partial charge in [-0.3, -0.25) is 0 Å². The Morgan fingerprint density at radius 1 is 1.11 bits per heavy atom. The van der Waals surface area contributed by atoms with Crippen LogP contribution >= 0.6 is 0 Å². The lowest BCUT2D eigenvalue weighted by Crippen LogP contribution is -2.16. The summed E-state index contributed by atoms with van der Waals surface area (Å²) >= 11 is 0. The first-order valence-electron chi connectivity index (χ1n) is 7.24. The van der Waals surface area contributed by atoms with Crippen molar-refractivity contribution in [2.24, 2.45) is 0 Å². The number of unbranched alkanes of at least 4 members (excludes halogenated alkanes) is 5. The number of hydrogen-bond acceptors (Lipinski definition) is 3. The molecule has 0 aliphatic carbocycles. The van der Waals surface area contributed by atoms with Crippen molar-refractivity contribution in [3.63, 3.8) is 0 Å². The van der Waals surface area contributed by atoms with Crippen LogP contribution in [0.4, 0.5) is 0 Å². The highest BCUT2D eigenvalue weighted by atomic mass is 16.5. The van der Waals surface area contributed by atoms with Crippen LogP contribution in [0.1, 0.15) is 58.8 Å². The summed E-state index contributed by atoms with van der Waals surface area (Å²) in [6.45, 7) is 5.99. The SMILES string of the molecule is CCCCCCCCNC/C=C(/CC)C(=O)OC. The van der Waals surface area contributed by atoms with Crippen molar-refractivity contribution in [3.8, 4) is 0 Å². The van der Waals surface area contributed by atoms with E-state index < -0.39 is 0 Å². The molecule has 1 N–H and O–H groups in total. The van der Waals surface area contributed by atoms with Crippen LogP contribution in [0.3, 0.4) is 0 Å². The molecule has 3 heteroatoms. The molecule has 0 spiro atoms. The number of carbonyl (C=O) groups is 1. The summed E-state index contributed by atoms with van der Waals surface area (Å²) in [6.07, 6.45) is 10.5. The van der Waals surface area contributed by atoms with Gasteiger partial charge in [-0.05, 0) is 19.4 Å². The minimum atomic E-state index is -0.209. The van der Waals surface area contributed by atoms with Crippen LogP contribution < -0.4 is 5.32 Å². The topological polar surface area (TPSA) is 38.3 Å². The van der Waals surface area contributed by atoms with E-state index in [1.807, 2.05) is 13.0 Å². The zero-order valence-electron chi connectivity index (χ0n) is 12.3. The second-order valence-electron chi connectivity index (χ2n) is 4.55. The third-order valence-corrected chi connectivity index (χ3v) is 3.03. The fourth-order valence-corrected chi connectivity index (χ4v) is 1.83. The van der Waals surface area contributed by atoms with Gasteiger partial charge in [-0.25, -0.2) is 4.79 Å². The molecule has 106 valence electrons. The van der Waals surface area contributed by atoms with Crippen molar-refractivity contribution < 1.29 is 9.53 Å². The van der Waals surface area contributed by atoms with Crippen LogP contribution in [-0.2, 0) is 9.53 Å². The largest absolute Gasteiger partial charge is 0.466 e. The molecule has 0 saturated heterocycles. The molecule has 0 bridgehead atoms. The average Bonchev–Trinajstić information content (AvgIpc) is 2.40. The van der Waals surface area contributed by atoms with Crippen LogP contribution in [0.15, 0.2) is 11.6 Å². The zero-order chi connectivity index (χ0) is 13.6. The summed E-state index contributed by atoms with van der Waals surface area (Å²) in [4.78, 5) is 11.3. The second-order valence-corrected chi connectivity index (χ2v) is 4.55. The van der Waals surface area contributed by atoms with Gasteiger partial charge in [0, 0.05) is 12.1 Å². The summed E-state index contributed by atoms with van der Waals surface area (Å²) < 4.78 is 4.70. The number of nitrogens with one attached hydrogen (secondary N) is 1. The van der Waals surface area contributed by atoms with Gasteiger partial charge in [0.25, 0.3) is 0 Å². The molecule has 0 saturated carbocycles. The molecule has 0 fully saturated rings. The van der Waals surface area contributed by atoms with Crippen LogP contribution in [0.2, 0.25) is 0 Å². The van der Waals surface area contributed by atoms with E-state index in [1.54, 1.807) is 0 Å². The number of esters is 1. The molecule has 0 rings (SSSR count). The number of hydrogen-bond donors (Lipinski definition) is 1. The predicted octanol–water partition coefficient (Wildman–Crippen LogP) is 3.45. The van der Waals surface area contributed by atoms with Crippen LogP contribution in [0.5, 0.6) is 0 Å². The van der Waals surface area contributed by atoms with Gasteiger partial charge < -0.3 is 10.1 Å².